The average Bonchev–Trinajstić information content (AvgIpc) is 3.02. The summed E-state index contributed by atoms with van der Waals surface area (Å²) in [6.45, 7) is 1.90. The van der Waals surface area contributed by atoms with Crippen molar-refractivity contribution in [3.05, 3.63) is 46.6 Å². The molecule has 0 bridgehead atoms. The fourth-order valence-electron chi connectivity index (χ4n) is 2.31. The van der Waals surface area contributed by atoms with Gasteiger partial charge in [0, 0.05) is 5.75 Å². The minimum Gasteiger partial charge on any atom is -0.365 e. The van der Waals surface area contributed by atoms with Crippen LogP contribution in [0.1, 0.15) is 20.8 Å². The Kier molecular flexibility index (Phi) is 3.73. The number of nitrogens with two attached hydrogens (primary N) is 1. The van der Waals surface area contributed by atoms with Crippen molar-refractivity contribution in [2.24, 2.45) is 5.73 Å². The van der Waals surface area contributed by atoms with Gasteiger partial charge in [-0.3, -0.25) is 9.36 Å². The molecule has 6 heteroatoms. The summed E-state index contributed by atoms with van der Waals surface area (Å²) in [6, 6.07) is 8.27. The quantitative estimate of drug-likeness (QED) is 0.802. The summed E-state index contributed by atoms with van der Waals surface area (Å²) < 4.78 is 2.02. The number of carbonyl (C=O) groups excluding carboxylic acids is 1. The lowest BCUT2D eigenvalue weighted by atomic mass is 10.2. The minimum absolute atomic E-state index is 0.378. The van der Waals surface area contributed by atoms with Gasteiger partial charge in [0.25, 0.3) is 5.91 Å². The predicted octanol–water partition coefficient (Wildman–Crippen LogP) is 3.36. The van der Waals surface area contributed by atoms with Crippen LogP contribution in [0.3, 0.4) is 0 Å². The summed E-state index contributed by atoms with van der Waals surface area (Å²) in [4.78, 5) is 16.4. The van der Waals surface area contributed by atoms with E-state index in [4.69, 9.17) is 5.73 Å². The molecule has 0 saturated heterocycles. The van der Waals surface area contributed by atoms with Crippen molar-refractivity contribution in [1.29, 1.82) is 0 Å². The monoisotopic (exact) mass is 317 g/mol. The minimum atomic E-state index is -0.378. The van der Waals surface area contributed by atoms with E-state index in [0.29, 0.717) is 4.88 Å². The van der Waals surface area contributed by atoms with E-state index in [1.807, 2.05) is 23.6 Å². The second kappa shape index (κ2) is 5.54. The zero-order chi connectivity index (χ0) is 15.0. The molecule has 0 fully saturated rings. The molecular formula is C15H15N3OS2. The summed E-state index contributed by atoms with van der Waals surface area (Å²) in [5.41, 5.74) is 9.58. The van der Waals surface area contributed by atoms with Crippen molar-refractivity contribution in [3.63, 3.8) is 0 Å². The molecule has 4 nitrogen and oxygen atoms in total. The molecular weight excluding hydrogens is 302 g/mol. The maximum absolute atomic E-state index is 11.4. The van der Waals surface area contributed by atoms with Crippen LogP contribution in [0.5, 0.6) is 0 Å². The Labute approximate surface area is 131 Å². The maximum atomic E-state index is 11.4. The third kappa shape index (κ3) is 2.56. The molecule has 0 atom stereocenters. The second-order valence-corrected chi connectivity index (χ2v) is 6.73. The van der Waals surface area contributed by atoms with Gasteiger partial charge in [0.2, 0.25) is 0 Å². The van der Waals surface area contributed by atoms with Gasteiger partial charge in [-0.25, -0.2) is 4.98 Å². The number of imidazole rings is 1. The third-order valence-electron chi connectivity index (χ3n) is 3.29. The Hall–Kier alpha value is -1.79. The van der Waals surface area contributed by atoms with Crippen LogP contribution in [0, 0.1) is 6.92 Å². The highest BCUT2D eigenvalue weighted by Gasteiger charge is 2.13. The molecule has 1 aromatic carbocycles. The number of aromatic nitrogens is 2. The van der Waals surface area contributed by atoms with Gasteiger partial charge in [-0.15, -0.1) is 11.3 Å². The second-order valence-electron chi connectivity index (χ2n) is 4.83. The predicted molar refractivity (Wildman–Crippen MR) is 89.4 cm³/mol. The van der Waals surface area contributed by atoms with Crippen LogP contribution in [0.4, 0.5) is 0 Å². The number of primary amides is 1. The number of hydrogen-bond donors (Lipinski definition) is 1. The zero-order valence-corrected chi connectivity index (χ0v) is 13.4. The molecule has 2 aromatic heterocycles. The van der Waals surface area contributed by atoms with Gasteiger partial charge in [0.05, 0.1) is 15.9 Å². The van der Waals surface area contributed by atoms with E-state index in [1.54, 1.807) is 18.1 Å². The van der Waals surface area contributed by atoms with Gasteiger partial charge < -0.3 is 5.73 Å². The van der Waals surface area contributed by atoms with Crippen molar-refractivity contribution in [1.82, 2.24) is 9.55 Å². The smallest absolute Gasteiger partial charge is 0.259 e. The number of aryl methyl sites for hydroxylation is 1. The molecule has 0 unspecified atom stereocenters. The molecule has 3 aromatic rings. The fraction of sp³-hybridized carbons (Fsp3) is 0.200. The summed E-state index contributed by atoms with van der Waals surface area (Å²) in [6.07, 6.45) is 3.88. The number of thioether (sulfide) groups is 1. The van der Waals surface area contributed by atoms with Gasteiger partial charge in [-0.05, 0) is 42.5 Å². The number of rotatable bonds is 4. The summed E-state index contributed by atoms with van der Waals surface area (Å²) in [7, 11) is 0. The van der Waals surface area contributed by atoms with E-state index in [2.05, 4.69) is 23.4 Å². The number of fused-ring (bicyclic) bond motifs is 1. The molecule has 0 radical (unpaired) electrons. The Morgan fingerprint density at radius 1 is 1.43 bits per heavy atom. The molecule has 2 N–H and O–H groups in total. The Morgan fingerprint density at radius 2 is 2.24 bits per heavy atom. The molecule has 0 saturated carbocycles. The van der Waals surface area contributed by atoms with Crippen LogP contribution < -0.4 is 5.73 Å². The zero-order valence-electron chi connectivity index (χ0n) is 11.8. The van der Waals surface area contributed by atoms with Crippen molar-refractivity contribution < 1.29 is 4.79 Å². The molecule has 0 aliphatic heterocycles. The number of nitrogens with zero attached hydrogens (tertiary/aromatic N) is 2. The maximum Gasteiger partial charge on any atom is 0.259 e. The van der Waals surface area contributed by atoms with Gasteiger partial charge in [-0.1, -0.05) is 6.07 Å². The van der Waals surface area contributed by atoms with Crippen LogP contribution in [-0.2, 0) is 5.75 Å². The highest BCUT2D eigenvalue weighted by molar-refractivity contribution is 7.97. The van der Waals surface area contributed by atoms with Crippen molar-refractivity contribution in [3.8, 4) is 5.00 Å². The first kappa shape index (κ1) is 14.2. The molecule has 0 aliphatic rings. The normalized spacial score (nSPS) is 11.1. The molecule has 2 heterocycles. The van der Waals surface area contributed by atoms with Gasteiger partial charge in [0.1, 0.15) is 11.3 Å². The number of thiophene rings is 1. The molecule has 3 rings (SSSR count). The standard InChI is InChI=1S/C15H15N3OS2/c1-9-5-13(21-14(9)15(16)19)18-8-17-11-4-3-10(7-20-2)6-12(11)18/h3-6,8H,7H2,1-2H3,(H2,16,19). The largest absolute Gasteiger partial charge is 0.365 e. The van der Waals surface area contributed by atoms with Crippen LogP contribution in [0.15, 0.2) is 30.6 Å². The van der Waals surface area contributed by atoms with Crippen molar-refractivity contribution in [2.45, 2.75) is 12.7 Å². The van der Waals surface area contributed by atoms with E-state index in [0.717, 1.165) is 27.4 Å². The molecule has 0 spiro atoms. The van der Waals surface area contributed by atoms with E-state index < -0.39 is 0 Å². The summed E-state index contributed by atoms with van der Waals surface area (Å²) in [5, 5.41) is 0.963. The van der Waals surface area contributed by atoms with E-state index in [1.165, 1.54) is 16.9 Å². The SMILES string of the molecule is CSCc1ccc2ncn(-c3cc(C)c(C(N)=O)s3)c2c1. The molecule has 0 aliphatic carbocycles. The summed E-state index contributed by atoms with van der Waals surface area (Å²) in [5.74, 6) is 0.591. The van der Waals surface area contributed by atoms with E-state index in [9.17, 15) is 4.79 Å². The van der Waals surface area contributed by atoms with Crippen LogP contribution in [0.2, 0.25) is 0 Å². The molecule has 21 heavy (non-hydrogen) atoms. The highest BCUT2D eigenvalue weighted by Crippen LogP contribution is 2.28. The number of hydrogen-bond acceptors (Lipinski definition) is 4. The summed E-state index contributed by atoms with van der Waals surface area (Å²) >= 11 is 3.19. The van der Waals surface area contributed by atoms with E-state index >= 15 is 0 Å². The fourth-order valence-corrected chi connectivity index (χ4v) is 3.84. The first-order valence-corrected chi connectivity index (χ1v) is 8.66. The first-order valence-electron chi connectivity index (χ1n) is 6.45. The van der Waals surface area contributed by atoms with Gasteiger partial charge >= 0.3 is 0 Å². The van der Waals surface area contributed by atoms with E-state index in [-0.39, 0.29) is 5.91 Å². The first-order chi connectivity index (χ1) is 10.1. The lowest BCUT2D eigenvalue weighted by molar-refractivity contribution is 0.100. The molecule has 108 valence electrons. The number of carbonyl (C=O) groups is 1. The number of amides is 1. The lowest BCUT2D eigenvalue weighted by Crippen LogP contribution is -2.09. The van der Waals surface area contributed by atoms with Crippen molar-refractivity contribution >= 4 is 40.0 Å². The van der Waals surface area contributed by atoms with Crippen LogP contribution in [0.25, 0.3) is 16.0 Å². The Morgan fingerprint density at radius 3 is 2.90 bits per heavy atom. The number of benzene rings is 1. The topological polar surface area (TPSA) is 60.9 Å². The lowest BCUT2D eigenvalue weighted by Gasteiger charge is -2.02. The van der Waals surface area contributed by atoms with Gasteiger partial charge in [0.15, 0.2) is 0 Å². The molecule has 1 amide bonds. The van der Waals surface area contributed by atoms with Crippen LogP contribution >= 0.6 is 23.1 Å². The van der Waals surface area contributed by atoms with Crippen LogP contribution in [-0.4, -0.2) is 21.7 Å². The Balaban J connectivity index is 2.13. The highest BCUT2D eigenvalue weighted by atomic mass is 32.2. The van der Waals surface area contributed by atoms with Gasteiger partial charge in [-0.2, -0.15) is 11.8 Å². The Bertz CT molecular complexity index is 820. The van der Waals surface area contributed by atoms with Crippen molar-refractivity contribution in [2.75, 3.05) is 6.26 Å². The third-order valence-corrected chi connectivity index (χ3v) is 5.16. The average molecular weight is 317 g/mol.